The first-order chi connectivity index (χ1) is 13.8. The number of aromatic nitrogens is 5. The van der Waals surface area contributed by atoms with E-state index in [1.165, 1.54) is 0 Å². The van der Waals surface area contributed by atoms with Gasteiger partial charge >= 0.3 is 0 Å². The van der Waals surface area contributed by atoms with E-state index in [0.29, 0.717) is 16.3 Å². The van der Waals surface area contributed by atoms with E-state index in [2.05, 4.69) is 20.5 Å². The average molecular weight is 409 g/mol. The van der Waals surface area contributed by atoms with Crippen LogP contribution >= 0.6 is 11.6 Å². The molecule has 0 saturated heterocycles. The van der Waals surface area contributed by atoms with Crippen molar-refractivity contribution in [2.24, 2.45) is 7.05 Å². The summed E-state index contributed by atoms with van der Waals surface area (Å²) in [5.41, 5.74) is 4.40. The molecular formula is C21H21ClN6O. The quantitative estimate of drug-likeness (QED) is 0.539. The van der Waals surface area contributed by atoms with Crippen LogP contribution < -0.4 is 5.32 Å². The normalized spacial score (nSPS) is 11.4. The highest BCUT2D eigenvalue weighted by molar-refractivity contribution is 6.30. The van der Waals surface area contributed by atoms with Crippen LogP contribution in [0.3, 0.4) is 0 Å². The molecule has 0 aliphatic rings. The van der Waals surface area contributed by atoms with Crippen LogP contribution in [0, 0.1) is 6.92 Å². The molecule has 0 atom stereocenters. The molecule has 7 nitrogen and oxygen atoms in total. The number of fused-ring (bicyclic) bond motifs is 1. The van der Waals surface area contributed by atoms with Gasteiger partial charge in [-0.25, -0.2) is 9.67 Å². The Labute approximate surface area is 173 Å². The maximum absolute atomic E-state index is 13.0. The molecule has 29 heavy (non-hydrogen) atoms. The smallest absolute Gasteiger partial charge is 0.259 e. The minimum atomic E-state index is -0.232. The first-order valence-electron chi connectivity index (χ1n) is 9.29. The second kappa shape index (κ2) is 7.33. The third-order valence-corrected chi connectivity index (χ3v) is 5.01. The fourth-order valence-electron chi connectivity index (χ4n) is 3.48. The average Bonchev–Trinajstić information content (AvgIpc) is 3.24. The van der Waals surface area contributed by atoms with E-state index in [1.807, 2.05) is 52.1 Å². The van der Waals surface area contributed by atoms with Crippen LogP contribution in [0.5, 0.6) is 0 Å². The Morgan fingerprint density at radius 3 is 2.72 bits per heavy atom. The van der Waals surface area contributed by atoms with Crippen molar-refractivity contribution in [2.45, 2.75) is 26.7 Å². The van der Waals surface area contributed by atoms with Gasteiger partial charge in [-0.05, 0) is 37.1 Å². The minimum absolute atomic E-state index is 0.0819. The molecule has 0 fully saturated rings. The highest BCUT2D eigenvalue weighted by Crippen LogP contribution is 2.26. The molecule has 8 heteroatoms. The molecule has 3 heterocycles. The molecule has 0 unspecified atom stereocenters. The summed E-state index contributed by atoms with van der Waals surface area (Å²) in [7, 11) is 1.85. The summed E-state index contributed by atoms with van der Waals surface area (Å²) in [6.45, 7) is 5.98. The summed E-state index contributed by atoms with van der Waals surface area (Å²) in [4.78, 5) is 17.5. The van der Waals surface area contributed by atoms with Gasteiger partial charge in [0.15, 0.2) is 5.65 Å². The van der Waals surface area contributed by atoms with E-state index in [4.69, 9.17) is 11.6 Å². The van der Waals surface area contributed by atoms with Gasteiger partial charge in [-0.1, -0.05) is 31.5 Å². The second-order valence-electron chi connectivity index (χ2n) is 7.25. The van der Waals surface area contributed by atoms with Crippen LogP contribution in [-0.2, 0) is 7.05 Å². The number of nitrogens with zero attached hydrogens (tertiary/aromatic N) is 5. The lowest BCUT2D eigenvalue weighted by Gasteiger charge is -2.13. The van der Waals surface area contributed by atoms with Crippen LogP contribution in [-0.4, -0.2) is 30.5 Å². The van der Waals surface area contributed by atoms with Gasteiger partial charge in [0.05, 0.1) is 40.7 Å². The Balaban J connectivity index is 1.69. The van der Waals surface area contributed by atoms with E-state index in [9.17, 15) is 4.79 Å². The van der Waals surface area contributed by atoms with Crippen molar-refractivity contribution in [1.82, 2.24) is 24.5 Å². The first kappa shape index (κ1) is 19.1. The molecule has 3 aromatic heterocycles. The lowest BCUT2D eigenvalue weighted by molar-refractivity contribution is 0.102. The lowest BCUT2D eigenvalue weighted by atomic mass is 10.0. The molecule has 0 spiro atoms. The van der Waals surface area contributed by atoms with E-state index in [0.717, 1.165) is 28.1 Å². The van der Waals surface area contributed by atoms with Gasteiger partial charge in [0.25, 0.3) is 5.91 Å². The van der Waals surface area contributed by atoms with Crippen molar-refractivity contribution in [3.63, 3.8) is 0 Å². The zero-order valence-electron chi connectivity index (χ0n) is 16.6. The van der Waals surface area contributed by atoms with Crippen molar-refractivity contribution >= 4 is 34.2 Å². The van der Waals surface area contributed by atoms with Gasteiger partial charge in [-0.15, -0.1) is 0 Å². The molecular weight excluding hydrogens is 388 g/mol. The molecule has 0 bridgehead atoms. The number of nitrogens with one attached hydrogen (secondary N) is 1. The molecule has 4 rings (SSSR count). The third-order valence-electron chi connectivity index (χ3n) is 4.77. The summed E-state index contributed by atoms with van der Waals surface area (Å²) < 4.78 is 3.49. The van der Waals surface area contributed by atoms with Crippen molar-refractivity contribution in [3.8, 4) is 5.69 Å². The van der Waals surface area contributed by atoms with Gasteiger partial charge < -0.3 is 5.32 Å². The number of anilines is 1. The number of amides is 1. The number of carbonyl (C=O) groups is 1. The molecule has 4 aromatic rings. The minimum Gasteiger partial charge on any atom is -0.320 e. The standard InChI is InChI=1S/C21H21ClN6O/c1-12(2)19-18(11-24-28(19)16-7-5-6-14(22)8-16)21(29)25-15-9-17-13(3)26-27(4)20(17)23-10-15/h5-12H,1-4H3,(H,25,29). The van der Waals surface area contributed by atoms with Crippen molar-refractivity contribution < 1.29 is 4.79 Å². The van der Waals surface area contributed by atoms with E-state index in [1.54, 1.807) is 27.8 Å². The van der Waals surface area contributed by atoms with Gasteiger partial charge in [-0.2, -0.15) is 10.2 Å². The summed E-state index contributed by atoms with van der Waals surface area (Å²) in [5, 5.41) is 13.3. The second-order valence-corrected chi connectivity index (χ2v) is 7.68. The van der Waals surface area contributed by atoms with Gasteiger partial charge in [0, 0.05) is 17.5 Å². The molecule has 148 valence electrons. The summed E-state index contributed by atoms with van der Waals surface area (Å²) in [6, 6.07) is 9.29. The lowest BCUT2D eigenvalue weighted by Crippen LogP contribution is -2.15. The van der Waals surface area contributed by atoms with Crippen LogP contribution in [0.15, 0.2) is 42.7 Å². The van der Waals surface area contributed by atoms with Crippen molar-refractivity contribution in [1.29, 1.82) is 0 Å². The van der Waals surface area contributed by atoms with Crippen molar-refractivity contribution in [3.05, 3.63) is 64.7 Å². The number of aryl methyl sites for hydroxylation is 2. The third kappa shape index (κ3) is 3.49. The number of carbonyl (C=O) groups excluding carboxylic acids is 1. The zero-order valence-corrected chi connectivity index (χ0v) is 17.4. The monoisotopic (exact) mass is 408 g/mol. The fourth-order valence-corrected chi connectivity index (χ4v) is 3.66. The Morgan fingerprint density at radius 2 is 2.00 bits per heavy atom. The largest absolute Gasteiger partial charge is 0.320 e. The maximum Gasteiger partial charge on any atom is 0.259 e. The number of hydrogen-bond donors (Lipinski definition) is 1. The molecule has 1 amide bonds. The zero-order chi connectivity index (χ0) is 20.7. The Bertz CT molecular complexity index is 1220. The molecule has 1 aromatic carbocycles. The number of pyridine rings is 1. The molecule has 0 radical (unpaired) electrons. The van der Waals surface area contributed by atoms with E-state index < -0.39 is 0 Å². The Hall–Kier alpha value is -3.19. The topological polar surface area (TPSA) is 77.6 Å². The number of halogens is 1. The van der Waals surface area contributed by atoms with Gasteiger partial charge in [0.2, 0.25) is 0 Å². The SMILES string of the molecule is Cc1nn(C)c2ncc(NC(=O)c3cnn(-c4cccc(Cl)c4)c3C(C)C)cc12. The first-order valence-corrected chi connectivity index (χ1v) is 9.67. The van der Waals surface area contributed by atoms with E-state index >= 15 is 0 Å². The van der Waals surface area contributed by atoms with Crippen LogP contribution in [0.2, 0.25) is 5.02 Å². The predicted molar refractivity (Wildman–Crippen MR) is 114 cm³/mol. The molecule has 0 aliphatic heterocycles. The number of hydrogen-bond acceptors (Lipinski definition) is 4. The summed E-state index contributed by atoms with van der Waals surface area (Å²) in [6.07, 6.45) is 3.23. The van der Waals surface area contributed by atoms with Crippen molar-refractivity contribution in [2.75, 3.05) is 5.32 Å². The number of benzene rings is 1. The highest BCUT2D eigenvalue weighted by atomic mass is 35.5. The van der Waals surface area contributed by atoms with E-state index in [-0.39, 0.29) is 11.8 Å². The summed E-state index contributed by atoms with van der Waals surface area (Å²) in [5.74, 6) is -0.150. The van der Waals surface area contributed by atoms with Crippen LogP contribution in [0.4, 0.5) is 5.69 Å². The highest BCUT2D eigenvalue weighted by Gasteiger charge is 2.21. The van der Waals surface area contributed by atoms with Crippen LogP contribution in [0.25, 0.3) is 16.7 Å². The Kier molecular flexibility index (Phi) is 4.84. The molecule has 1 N–H and O–H groups in total. The predicted octanol–water partition coefficient (Wildman–Crippen LogP) is 4.49. The maximum atomic E-state index is 13.0. The molecule has 0 saturated carbocycles. The summed E-state index contributed by atoms with van der Waals surface area (Å²) >= 11 is 6.13. The fraction of sp³-hybridized carbons (Fsp3) is 0.238. The van der Waals surface area contributed by atoms with Gasteiger partial charge in [0.1, 0.15) is 0 Å². The van der Waals surface area contributed by atoms with Crippen LogP contribution in [0.1, 0.15) is 41.5 Å². The Morgan fingerprint density at radius 1 is 1.21 bits per heavy atom. The molecule has 0 aliphatic carbocycles. The van der Waals surface area contributed by atoms with Gasteiger partial charge in [-0.3, -0.25) is 9.48 Å². The number of rotatable bonds is 4.